The summed E-state index contributed by atoms with van der Waals surface area (Å²) in [5.74, 6) is -0.328. The highest BCUT2D eigenvalue weighted by atomic mass is 28.4. The monoisotopic (exact) mass is 356 g/mol. The second-order valence-corrected chi connectivity index (χ2v) is 12.7. The molecule has 1 heterocycles. The molecule has 3 aromatic rings. The lowest BCUT2D eigenvalue weighted by Crippen LogP contribution is -2.43. The van der Waals surface area contributed by atoms with E-state index in [-0.39, 0.29) is 10.6 Å². The SMILES string of the molecule is Cc1c2ccccc2c(O[Si](C)(C)C(C)(C)C)c2occ(C(=O)O)c12. The molecule has 0 aliphatic rings. The van der Waals surface area contributed by atoms with E-state index in [0.29, 0.717) is 16.7 Å². The van der Waals surface area contributed by atoms with Crippen LogP contribution < -0.4 is 4.43 Å². The van der Waals surface area contributed by atoms with Crippen molar-refractivity contribution in [2.45, 2.75) is 45.8 Å². The molecule has 0 amide bonds. The van der Waals surface area contributed by atoms with Crippen LogP contribution in [0.4, 0.5) is 0 Å². The Morgan fingerprint density at radius 1 is 1.16 bits per heavy atom. The van der Waals surface area contributed by atoms with E-state index in [1.54, 1.807) is 0 Å². The van der Waals surface area contributed by atoms with Gasteiger partial charge in [-0.15, -0.1) is 0 Å². The minimum atomic E-state index is -2.12. The van der Waals surface area contributed by atoms with Crippen molar-refractivity contribution >= 4 is 36.0 Å². The Balaban J connectivity index is 2.40. The summed E-state index contributed by atoms with van der Waals surface area (Å²) in [7, 11) is -2.12. The first-order chi connectivity index (χ1) is 11.5. The summed E-state index contributed by atoms with van der Waals surface area (Å²) in [6, 6.07) is 7.93. The predicted molar refractivity (Wildman–Crippen MR) is 103 cm³/mol. The quantitative estimate of drug-likeness (QED) is 0.587. The van der Waals surface area contributed by atoms with E-state index in [0.717, 1.165) is 16.3 Å². The molecule has 1 N–H and O–H groups in total. The van der Waals surface area contributed by atoms with Gasteiger partial charge in [0, 0.05) is 10.8 Å². The highest BCUT2D eigenvalue weighted by Crippen LogP contribution is 2.45. The first-order valence-corrected chi connectivity index (χ1v) is 11.3. The van der Waals surface area contributed by atoms with Crippen LogP contribution >= 0.6 is 0 Å². The molecule has 0 bridgehead atoms. The van der Waals surface area contributed by atoms with Crippen LogP contribution in [0.15, 0.2) is 34.9 Å². The van der Waals surface area contributed by atoms with Crippen LogP contribution in [0.25, 0.3) is 21.7 Å². The van der Waals surface area contributed by atoms with Crippen molar-refractivity contribution in [2.75, 3.05) is 0 Å². The van der Waals surface area contributed by atoms with Gasteiger partial charge in [0.2, 0.25) is 0 Å². The van der Waals surface area contributed by atoms with E-state index in [1.807, 2.05) is 31.2 Å². The lowest BCUT2D eigenvalue weighted by molar-refractivity contribution is 0.0698. The maximum Gasteiger partial charge on any atom is 0.339 e. The van der Waals surface area contributed by atoms with Crippen LogP contribution in [0, 0.1) is 6.92 Å². The molecular weight excluding hydrogens is 332 g/mol. The van der Waals surface area contributed by atoms with Crippen LogP contribution in [0.5, 0.6) is 5.75 Å². The summed E-state index contributed by atoms with van der Waals surface area (Å²) in [6.07, 6.45) is 1.32. The molecule has 132 valence electrons. The van der Waals surface area contributed by atoms with E-state index < -0.39 is 14.3 Å². The summed E-state index contributed by atoms with van der Waals surface area (Å²) in [6.45, 7) is 12.8. The van der Waals surface area contributed by atoms with Gasteiger partial charge in [0.15, 0.2) is 11.3 Å². The number of aromatic carboxylic acids is 1. The predicted octanol–water partition coefficient (Wildman–Crippen LogP) is 5.98. The Hall–Kier alpha value is -2.27. The van der Waals surface area contributed by atoms with Crippen LogP contribution in [-0.4, -0.2) is 19.4 Å². The van der Waals surface area contributed by atoms with Crippen molar-refractivity contribution < 1.29 is 18.7 Å². The molecule has 2 aromatic carbocycles. The van der Waals surface area contributed by atoms with Gasteiger partial charge in [-0.2, -0.15) is 0 Å². The van der Waals surface area contributed by atoms with Gasteiger partial charge in [0.25, 0.3) is 8.32 Å². The van der Waals surface area contributed by atoms with Crippen molar-refractivity contribution in [3.8, 4) is 5.75 Å². The molecule has 0 spiro atoms. The van der Waals surface area contributed by atoms with E-state index in [4.69, 9.17) is 8.84 Å². The second-order valence-electron chi connectivity index (χ2n) is 8.02. The summed E-state index contributed by atoms with van der Waals surface area (Å²) < 4.78 is 12.3. The van der Waals surface area contributed by atoms with E-state index in [9.17, 15) is 9.90 Å². The van der Waals surface area contributed by atoms with Gasteiger partial charge in [0.05, 0.1) is 0 Å². The average Bonchev–Trinajstić information content (AvgIpc) is 2.95. The van der Waals surface area contributed by atoms with Crippen molar-refractivity contribution in [2.24, 2.45) is 0 Å². The molecular formula is C20H24O4Si. The molecule has 4 nitrogen and oxygen atoms in total. The van der Waals surface area contributed by atoms with Gasteiger partial charge in [-0.1, -0.05) is 45.0 Å². The lowest BCUT2D eigenvalue weighted by Gasteiger charge is -2.36. The minimum absolute atomic E-state index is 0.0214. The standard InChI is InChI=1S/C20H24O4Si/c1-12-13-9-7-8-10-14(13)17(24-25(5,6)20(2,3)4)18-16(12)15(11-23-18)19(21)22/h7-11H,1-6H3,(H,21,22). The smallest absolute Gasteiger partial charge is 0.339 e. The molecule has 1 aromatic heterocycles. The van der Waals surface area contributed by atoms with Crippen LogP contribution in [0.1, 0.15) is 36.7 Å². The Kier molecular flexibility index (Phi) is 3.95. The van der Waals surface area contributed by atoms with Crippen LogP contribution in [-0.2, 0) is 0 Å². The number of carboxylic acids is 1. The van der Waals surface area contributed by atoms with Gasteiger partial charge in [-0.25, -0.2) is 4.79 Å². The fraction of sp³-hybridized carbons (Fsp3) is 0.350. The van der Waals surface area contributed by atoms with Gasteiger partial charge in [-0.05, 0) is 36.0 Å². The fourth-order valence-electron chi connectivity index (χ4n) is 2.83. The number of benzene rings is 2. The Bertz CT molecular complexity index is 977. The van der Waals surface area contributed by atoms with E-state index in [2.05, 4.69) is 33.9 Å². The van der Waals surface area contributed by atoms with Gasteiger partial charge in [0.1, 0.15) is 11.8 Å². The maximum atomic E-state index is 11.6. The number of carboxylic acid groups (broad SMARTS) is 1. The molecule has 3 rings (SSSR count). The highest BCUT2D eigenvalue weighted by Gasteiger charge is 2.40. The summed E-state index contributed by atoms with van der Waals surface area (Å²) in [5, 5.41) is 12.1. The molecule has 0 saturated heterocycles. The molecule has 0 radical (unpaired) electrons. The first kappa shape index (κ1) is 17.5. The minimum Gasteiger partial charge on any atom is -0.541 e. The molecule has 0 unspecified atom stereocenters. The molecule has 0 atom stereocenters. The zero-order valence-electron chi connectivity index (χ0n) is 15.6. The van der Waals surface area contributed by atoms with Crippen LogP contribution in [0.3, 0.4) is 0 Å². The molecule has 25 heavy (non-hydrogen) atoms. The number of furan rings is 1. The molecule has 0 aliphatic heterocycles. The second kappa shape index (κ2) is 5.63. The van der Waals surface area contributed by atoms with E-state index in [1.165, 1.54) is 6.26 Å². The summed E-state index contributed by atoms with van der Waals surface area (Å²) >= 11 is 0. The Morgan fingerprint density at radius 3 is 2.32 bits per heavy atom. The van der Waals surface area contributed by atoms with Crippen molar-refractivity contribution in [3.05, 3.63) is 41.7 Å². The fourth-order valence-corrected chi connectivity index (χ4v) is 3.85. The lowest BCUT2D eigenvalue weighted by atomic mass is 9.98. The molecule has 0 saturated carbocycles. The van der Waals surface area contributed by atoms with Gasteiger partial charge >= 0.3 is 5.97 Å². The Morgan fingerprint density at radius 2 is 1.76 bits per heavy atom. The normalized spacial score (nSPS) is 12.7. The third-order valence-corrected chi connectivity index (χ3v) is 9.67. The first-order valence-electron chi connectivity index (χ1n) is 8.39. The maximum absolute atomic E-state index is 11.6. The van der Waals surface area contributed by atoms with Crippen molar-refractivity contribution in [3.63, 3.8) is 0 Å². The van der Waals surface area contributed by atoms with Gasteiger partial charge < -0.3 is 13.9 Å². The van der Waals surface area contributed by atoms with Crippen LogP contribution in [0.2, 0.25) is 18.1 Å². The molecule has 0 fully saturated rings. The average molecular weight is 356 g/mol. The van der Waals surface area contributed by atoms with Crippen molar-refractivity contribution in [1.82, 2.24) is 0 Å². The number of fused-ring (bicyclic) bond motifs is 2. The number of hydrogen-bond donors (Lipinski definition) is 1. The third-order valence-electron chi connectivity index (χ3n) is 5.34. The number of hydrogen-bond acceptors (Lipinski definition) is 3. The summed E-state index contributed by atoms with van der Waals surface area (Å²) in [4.78, 5) is 11.6. The topological polar surface area (TPSA) is 59.7 Å². The zero-order valence-corrected chi connectivity index (χ0v) is 16.6. The number of carbonyl (C=O) groups is 1. The summed E-state index contributed by atoms with van der Waals surface area (Å²) in [5.41, 5.74) is 1.61. The Labute approximate surface area is 148 Å². The highest BCUT2D eigenvalue weighted by molar-refractivity contribution is 6.75. The molecule has 5 heteroatoms. The van der Waals surface area contributed by atoms with E-state index >= 15 is 0 Å². The third kappa shape index (κ3) is 2.72. The largest absolute Gasteiger partial charge is 0.541 e. The van der Waals surface area contributed by atoms with Crippen molar-refractivity contribution in [1.29, 1.82) is 0 Å². The number of aryl methyl sites for hydroxylation is 1. The van der Waals surface area contributed by atoms with Gasteiger partial charge in [-0.3, -0.25) is 0 Å². The molecule has 0 aliphatic carbocycles. The zero-order chi connectivity index (χ0) is 18.6. The number of rotatable bonds is 3.